The normalized spacial score (nSPS) is 20.4. The molecule has 0 spiro atoms. The number of rotatable bonds is 5. The highest BCUT2D eigenvalue weighted by Crippen LogP contribution is 2.24. The van der Waals surface area contributed by atoms with Crippen molar-refractivity contribution < 1.29 is 23.8 Å². The maximum atomic E-state index is 12.3. The SMILES string of the molecule is CCOC(=O)[C@H]1CN(C(=O)OC(C)(C)C)C[C@@H]1OCc1ccccc1. The van der Waals surface area contributed by atoms with Crippen LogP contribution >= 0.6 is 0 Å². The maximum absolute atomic E-state index is 12.3. The van der Waals surface area contributed by atoms with Crippen molar-refractivity contribution in [2.24, 2.45) is 5.92 Å². The lowest BCUT2D eigenvalue weighted by molar-refractivity contribution is -0.151. The van der Waals surface area contributed by atoms with E-state index in [-0.39, 0.29) is 12.5 Å². The minimum Gasteiger partial charge on any atom is -0.466 e. The summed E-state index contributed by atoms with van der Waals surface area (Å²) in [5.41, 5.74) is 0.431. The number of amides is 1. The molecule has 0 aliphatic carbocycles. The lowest BCUT2D eigenvalue weighted by atomic mass is 10.1. The molecule has 1 aromatic carbocycles. The number of carbonyl (C=O) groups excluding carboxylic acids is 2. The molecule has 6 nitrogen and oxygen atoms in total. The van der Waals surface area contributed by atoms with E-state index < -0.39 is 23.7 Å². The minimum absolute atomic E-state index is 0.243. The van der Waals surface area contributed by atoms with E-state index in [4.69, 9.17) is 14.2 Å². The van der Waals surface area contributed by atoms with Crippen LogP contribution in [0.2, 0.25) is 0 Å². The summed E-state index contributed by atoms with van der Waals surface area (Å²) in [6, 6.07) is 9.72. The van der Waals surface area contributed by atoms with Gasteiger partial charge in [0.1, 0.15) is 11.5 Å². The summed E-state index contributed by atoms with van der Waals surface area (Å²) in [5.74, 6) is -0.845. The summed E-state index contributed by atoms with van der Waals surface area (Å²) in [5, 5.41) is 0. The van der Waals surface area contributed by atoms with E-state index in [1.807, 2.05) is 51.1 Å². The Bertz CT molecular complexity index is 581. The molecule has 1 amide bonds. The van der Waals surface area contributed by atoms with Crippen molar-refractivity contribution in [3.8, 4) is 0 Å². The Morgan fingerprint density at radius 1 is 1.16 bits per heavy atom. The second-order valence-electron chi connectivity index (χ2n) is 7.08. The van der Waals surface area contributed by atoms with E-state index in [1.54, 1.807) is 6.92 Å². The van der Waals surface area contributed by atoms with Gasteiger partial charge in [-0.25, -0.2) is 4.79 Å². The molecule has 1 saturated heterocycles. The highest BCUT2D eigenvalue weighted by Gasteiger charge is 2.42. The summed E-state index contributed by atoms with van der Waals surface area (Å²) in [6.07, 6.45) is -0.848. The average Bonchev–Trinajstić information content (AvgIpc) is 2.97. The van der Waals surface area contributed by atoms with Crippen LogP contribution in [0.1, 0.15) is 33.3 Å². The molecule has 0 unspecified atom stereocenters. The van der Waals surface area contributed by atoms with Crippen molar-refractivity contribution in [3.63, 3.8) is 0 Å². The molecule has 0 N–H and O–H groups in total. The maximum Gasteiger partial charge on any atom is 0.410 e. The highest BCUT2D eigenvalue weighted by molar-refractivity contribution is 5.76. The Kier molecular flexibility index (Phi) is 6.42. The fourth-order valence-electron chi connectivity index (χ4n) is 2.67. The van der Waals surface area contributed by atoms with E-state index >= 15 is 0 Å². The standard InChI is InChI=1S/C19H27NO5/c1-5-23-17(21)15-11-20(18(22)25-19(2,3)4)12-16(15)24-13-14-9-7-6-8-10-14/h6-10,15-16H,5,11-13H2,1-4H3/t15-,16-/m0/s1. The third-order valence-electron chi connectivity index (χ3n) is 3.81. The summed E-state index contributed by atoms with van der Waals surface area (Å²) in [4.78, 5) is 26.1. The molecule has 0 aromatic heterocycles. The number of likely N-dealkylation sites (tertiary alicyclic amines) is 1. The number of hydrogen-bond donors (Lipinski definition) is 0. The van der Waals surface area contributed by atoms with Gasteiger partial charge in [0.15, 0.2) is 0 Å². The smallest absolute Gasteiger partial charge is 0.410 e. The molecule has 0 saturated carbocycles. The molecule has 1 aliphatic rings. The number of benzene rings is 1. The van der Waals surface area contributed by atoms with Gasteiger partial charge in [0.05, 0.1) is 25.9 Å². The number of carbonyl (C=O) groups is 2. The monoisotopic (exact) mass is 349 g/mol. The fourth-order valence-corrected chi connectivity index (χ4v) is 2.67. The molecule has 1 fully saturated rings. The zero-order valence-electron chi connectivity index (χ0n) is 15.4. The summed E-state index contributed by atoms with van der Waals surface area (Å²) >= 11 is 0. The van der Waals surface area contributed by atoms with Crippen LogP contribution in [-0.2, 0) is 25.6 Å². The lowest BCUT2D eigenvalue weighted by Crippen LogP contribution is -2.36. The van der Waals surface area contributed by atoms with Gasteiger partial charge in [-0.2, -0.15) is 0 Å². The van der Waals surface area contributed by atoms with E-state index in [0.717, 1.165) is 5.56 Å². The number of esters is 1. The predicted octanol–water partition coefficient (Wildman–Crippen LogP) is 3.00. The summed E-state index contributed by atoms with van der Waals surface area (Å²) in [7, 11) is 0. The first kappa shape index (κ1) is 19.2. The van der Waals surface area contributed by atoms with Crippen LogP contribution in [0.25, 0.3) is 0 Å². The molecular formula is C19H27NO5. The van der Waals surface area contributed by atoms with Gasteiger partial charge in [0, 0.05) is 6.54 Å². The molecule has 2 atom stereocenters. The zero-order valence-corrected chi connectivity index (χ0v) is 15.4. The molecule has 2 rings (SSSR count). The Labute approximate surface area is 149 Å². The van der Waals surface area contributed by atoms with Gasteiger partial charge in [-0.1, -0.05) is 30.3 Å². The Morgan fingerprint density at radius 2 is 1.84 bits per heavy atom. The van der Waals surface area contributed by atoms with Crippen molar-refractivity contribution in [2.45, 2.75) is 46.0 Å². The molecule has 0 bridgehead atoms. The van der Waals surface area contributed by atoms with Gasteiger partial charge < -0.3 is 19.1 Å². The van der Waals surface area contributed by atoms with Gasteiger partial charge in [0.2, 0.25) is 0 Å². The van der Waals surface area contributed by atoms with Gasteiger partial charge >= 0.3 is 12.1 Å². The van der Waals surface area contributed by atoms with E-state index in [0.29, 0.717) is 19.8 Å². The first-order valence-corrected chi connectivity index (χ1v) is 8.60. The van der Waals surface area contributed by atoms with Crippen molar-refractivity contribution in [1.29, 1.82) is 0 Å². The molecule has 6 heteroatoms. The van der Waals surface area contributed by atoms with Gasteiger partial charge in [-0.05, 0) is 33.3 Å². The highest BCUT2D eigenvalue weighted by atomic mass is 16.6. The first-order valence-electron chi connectivity index (χ1n) is 8.60. The van der Waals surface area contributed by atoms with Crippen LogP contribution in [-0.4, -0.2) is 48.4 Å². The van der Waals surface area contributed by atoms with Crippen LogP contribution < -0.4 is 0 Å². The van der Waals surface area contributed by atoms with Crippen molar-refractivity contribution in [3.05, 3.63) is 35.9 Å². The van der Waals surface area contributed by atoms with E-state index in [9.17, 15) is 9.59 Å². The van der Waals surface area contributed by atoms with Gasteiger partial charge in [-0.15, -0.1) is 0 Å². The van der Waals surface area contributed by atoms with Gasteiger partial charge in [0.25, 0.3) is 0 Å². The van der Waals surface area contributed by atoms with Crippen LogP contribution in [0, 0.1) is 5.92 Å². The largest absolute Gasteiger partial charge is 0.466 e. The fraction of sp³-hybridized carbons (Fsp3) is 0.579. The minimum atomic E-state index is -0.584. The quantitative estimate of drug-likeness (QED) is 0.765. The molecule has 1 aromatic rings. The van der Waals surface area contributed by atoms with E-state index in [1.165, 1.54) is 4.90 Å². The molecule has 0 radical (unpaired) electrons. The average molecular weight is 349 g/mol. The first-order chi connectivity index (χ1) is 11.8. The Balaban J connectivity index is 2.03. The van der Waals surface area contributed by atoms with E-state index in [2.05, 4.69) is 0 Å². The van der Waals surface area contributed by atoms with Crippen LogP contribution in [0.3, 0.4) is 0 Å². The molecule has 138 valence electrons. The van der Waals surface area contributed by atoms with Crippen LogP contribution in [0.4, 0.5) is 4.79 Å². The molecule has 1 aliphatic heterocycles. The van der Waals surface area contributed by atoms with Crippen LogP contribution in [0.15, 0.2) is 30.3 Å². The van der Waals surface area contributed by atoms with Gasteiger partial charge in [-0.3, -0.25) is 4.79 Å². The third-order valence-corrected chi connectivity index (χ3v) is 3.81. The van der Waals surface area contributed by atoms with Crippen LogP contribution in [0.5, 0.6) is 0 Å². The predicted molar refractivity (Wildman–Crippen MR) is 92.9 cm³/mol. The molecule has 1 heterocycles. The number of hydrogen-bond acceptors (Lipinski definition) is 5. The van der Waals surface area contributed by atoms with Crippen molar-refractivity contribution in [2.75, 3.05) is 19.7 Å². The third kappa shape index (κ3) is 5.74. The second kappa shape index (κ2) is 8.34. The molecule has 25 heavy (non-hydrogen) atoms. The number of nitrogens with zero attached hydrogens (tertiary/aromatic N) is 1. The second-order valence-corrected chi connectivity index (χ2v) is 7.08. The Morgan fingerprint density at radius 3 is 2.44 bits per heavy atom. The van der Waals surface area contributed by atoms with Crippen molar-refractivity contribution >= 4 is 12.1 Å². The summed E-state index contributed by atoms with van der Waals surface area (Å²) in [6.45, 7) is 8.43. The Hall–Kier alpha value is -2.08. The van der Waals surface area contributed by atoms with Crippen molar-refractivity contribution in [1.82, 2.24) is 4.90 Å². The molecular weight excluding hydrogens is 322 g/mol. The number of ether oxygens (including phenoxy) is 3. The topological polar surface area (TPSA) is 65.1 Å². The summed E-state index contributed by atoms with van der Waals surface area (Å²) < 4.78 is 16.5. The lowest BCUT2D eigenvalue weighted by Gasteiger charge is -2.24. The zero-order chi connectivity index (χ0) is 18.4.